The van der Waals surface area contributed by atoms with E-state index in [2.05, 4.69) is 5.32 Å². The summed E-state index contributed by atoms with van der Waals surface area (Å²) >= 11 is 6.37. The molecular weight excluding hydrogens is 444 g/mol. The fourth-order valence-electron chi connectivity index (χ4n) is 3.53. The summed E-state index contributed by atoms with van der Waals surface area (Å²) in [7, 11) is -3.28. The van der Waals surface area contributed by atoms with Crippen LogP contribution in [-0.2, 0) is 9.84 Å². The van der Waals surface area contributed by atoms with Gasteiger partial charge < -0.3 is 5.32 Å². The smallest absolute Gasteiger partial charge is 0.252 e. The third-order valence-corrected chi connectivity index (χ3v) is 6.72. The van der Waals surface area contributed by atoms with E-state index in [0.717, 1.165) is 16.5 Å². The van der Waals surface area contributed by atoms with E-state index in [-0.39, 0.29) is 16.8 Å². The predicted molar refractivity (Wildman–Crippen MR) is 128 cm³/mol. The zero-order chi connectivity index (χ0) is 22.9. The SMILES string of the molecule is CC(NC(=O)c1cc(-c2ccccc2Cl)nc2ccccc12)c1ccc(S(C)(=O)=O)cc1. The number of carbonyl (C=O) groups excluding carboxylic acids is 1. The van der Waals surface area contributed by atoms with Crippen molar-refractivity contribution in [1.29, 1.82) is 0 Å². The minimum Gasteiger partial charge on any atom is -0.345 e. The molecule has 0 radical (unpaired) electrons. The van der Waals surface area contributed by atoms with Crippen molar-refractivity contribution in [1.82, 2.24) is 10.3 Å². The van der Waals surface area contributed by atoms with Gasteiger partial charge >= 0.3 is 0 Å². The first-order valence-corrected chi connectivity index (χ1v) is 12.3. The van der Waals surface area contributed by atoms with Crippen LogP contribution in [0.15, 0.2) is 83.8 Å². The molecule has 0 aliphatic carbocycles. The number of aromatic nitrogens is 1. The number of benzene rings is 3. The summed E-state index contributed by atoms with van der Waals surface area (Å²) in [6, 6.07) is 22.8. The molecule has 0 aliphatic rings. The van der Waals surface area contributed by atoms with Crippen molar-refractivity contribution in [2.24, 2.45) is 0 Å². The standard InChI is InChI=1S/C25H21ClN2O3S/c1-16(17-11-13-18(14-12-17)32(2,30)31)27-25(29)21-15-24(20-8-3-5-9-22(20)26)28-23-10-6-4-7-19(21)23/h3-16H,1-2H3,(H,27,29). The highest BCUT2D eigenvalue weighted by Crippen LogP contribution is 2.30. The monoisotopic (exact) mass is 464 g/mol. The van der Waals surface area contributed by atoms with Gasteiger partial charge in [-0.05, 0) is 42.8 Å². The summed E-state index contributed by atoms with van der Waals surface area (Å²) in [4.78, 5) is 18.2. The molecule has 162 valence electrons. The number of rotatable bonds is 5. The highest BCUT2D eigenvalue weighted by atomic mass is 35.5. The summed E-state index contributed by atoms with van der Waals surface area (Å²) in [5.41, 5.74) is 3.35. The van der Waals surface area contributed by atoms with Crippen LogP contribution in [0, 0.1) is 0 Å². The maximum Gasteiger partial charge on any atom is 0.252 e. The highest BCUT2D eigenvalue weighted by Gasteiger charge is 2.18. The average Bonchev–Trinajstić information content (AvgIpc) is 2.78. The van der Waals surface area contributed by atoms with Gasteiger partial charge in [0.25, 0.3) is 5.91 Å². The molecule has 1 unspecified atom stereocenters. The lowest BCUT2D eigenvalue weighted by Crippen LogP contribution is -2.27. The molecule has 0 bridgehead atoms. The molecule has 4 rings (SSSR count). The topological polar surface area (TPSA) is 76.1 Å². The molecule has 0 saturated carbocycles. The molecule has 1 N–H and O–H groups in total. The number of hydrogen-bond acceptors (Lipinski definition) is 4. The number of pyridine rings is 1. The van der Waals surface area contributed by atoms with Crippen LogP contribution < -0.4 is 5.32 Å². The molecule has 1 atom stereocenters. The number of para-hydroxylation sites is 1. The fraction of sp³-hybridized carbons (Fsp3) is 0.120. The average molecular weight is 465 g/mol. The largest absolute Gasteiger partial charge is 0.345 e. The normalized spacial score (nSPS) is 12.5. The van der Waals surface area contributed by atoms with Crippen LogP contribution in [0.1, 0.15) is 28.9 Å². The first kappa shape index (κ1) is 22.0. The van der Waals surface area contributed by atoms with Crippen molar-refractivity contribution < 1.29 is 13.2 Å². The number of nitrogens with one attached hydrogen (secondary N) is 1. The Morgan fingerprint density at radius 1 is 0.969 bits per heavy atom. The molecule has 1 amide bonds. The molecule has 1 aromatic heterocycles. The number of hydrogen-bond donors (Lipinski definition) is 1. The molecule has 7 heteroatoms. The Balaban J connectivity index is 1.69. The van der Waals surface area contributed by atoms with Crippen LogP contribution in [0.3, 0.4) is 0 Å². The Kier molecular flexibility index (Phi) is 6.00. The molecule has 0 aliphatic heterocycles. The van der Waals surface area contributed by atoms with Crippen molar-refractivity contribution >= 4 is 38.2 Å². The van der Waals surface area contributed by atoms with E-state index in [1.807, 2.05) is 49.4 Å². The van der Waals surface area contributed by atoms with E-state index in [9.17, 15) is 13.2 Å². The van der Waals surface area contributed by atoms with Crippen molar-refractivity contribution in [2.45, 2.75) is 17.9 Å². The van der Waals surface area contributed by atoms with Crippen LogP contribution in [0.25, 0.3) is 22.2 Å². The molecule has 0 saturated heterocycles. The first-order valence-electron chi connectivity index (χ1n) is 9.99. The number of amides is 1. The quantitative estimate of drug-likeness (QED) is 0.426. The summed E-state index contributed by atoms with van der Waals surface area (Å²) < 4.78 is 23.4. The Morgan fingerprint density at radius 3 is 2.31 bits per heavy atom. The van der Waals surface area contributed by atoms with Gasteiger partial charge in [-0.1, -0.05) is 60.1 Å². The third-order valence-electron chi connectivity index (χ3n) is 5.27. The molecule has 0 spiro atoms. The predicted octanol–water partition coefficient (Wildman–Crippen LogP) is 5.45. The van der Waals surface area contributed by atoms with Crippen LogP contribution in [0.5, 0.6) is 0 Å². The number of fused-ring (bicyclic) bond motifs is 1. The van der Waals surface area contributed by atoms with Gasteiger partial charge in [0.15, 0.2) is 9.84 Å². The fourth-order valence-corrected chi connectivity index (χ4v) is 4.39. The first-order chi connectivity index (χ1) is 15.2. The zero-order valence-electron chi connectivity index (χ0n) is 17.5. The van der Waals surface area contributed by atoms with Gasteiger partial charge in [-0.25, -0.2) is 13.4 Å². The van der Waals surface area contributed by atoms with Crippen molar-refractivity contribution in [3.63, 3.8) is 0 Å². The van der Waals surface area contributed by atoms with E-state index in [4.69, 9.17) is 16.6 Å². The van der Waals surface area contributed by atoms with Gasteiger partial charge in [0.05, 0.1) is 27.7 Å². The minimum absolute atomic E-state index is 0.240. The number of nitrogens with zero attached hydrogens (tertiary/aromatic N) is 1. The molecule has 4 aromatic rings. The second-order valence-corrected chi connectivity index (χ2v) is 10.0. The Hall–Kier alpha value is -3.22. The van der Waals surface area contributed by atoms with Gasteiger partial charge in [0, 0.05) is 22.2 Å². The summed E-state index contributed by atoms with van der Waals surface area (Å²) in [5.74, 6) is -0.253. The summed E-state index contributed by atoms with van der Waals surface area (Å²) in [6.45, 7) is 1.85. The second kappa shape index (κ2) is 8.73. The molecule has 5 nitrogen and oxygen atoms in total. The van der Waals surface area contributed by atoms with Crippen molar-refractivity contribution in [2.75, 3.05) is 6.26 Å². The Bertz CT molecular complexity index is 1420. The molecule has 1 heterocycles. The molecule has 3 aromatic carbocycles. The molecule has 32 heavy (non-hydrogen) atoms. The lowest BCUT2D eigenvalue weighted by molar-refractivity contribution is 0.0941. The van der Waals surface area contributed by atoms with Gasteiger partial charge in [-0.15, -0.1) is 0 Å². The number of halogens is 1. The maximum absolute atomic E-state index is 13.3. The summed E-state index contributed by atoms with van der Waals surface area (Å²) in [6.07, 6.45) is 1.17. The summed E-state index contributed by atoms with van der Waals surface area (Å²) in [5, 5.41) is 4.30. The van der Waals surface area contributed by atoms with Crippen LogP contribution >= 0.6 is 11.6 Å². The van der Waals surface area contributed by atoms with Crippen LogP contribution in [-0.4, -0.2) is 25.6 Å². The minimum atomic E-state index is -3.28. The zero-order valence-corrected chi connectivity index (χ0v) is 19.1. The van der Waals surface area contributed by atoms with Crippen molar-refractivity contribution in [3.05, 3.63) is 95.0 Å². The van der Waals surface area contributed by atoms with Crippen molar-refractivity contribution in [3.8, 4) is 11.3 Å². The lowest BCUT2D eigenvalue weighted by Gasteiger charge is -2.16. The lowest BCUT2D eigenvalue weighted by atomic mass is 10.0. The van der Waals surface area contributed by atoms with Gasteiger partial charge in [-0.3, -0.25) is 4.79 Å². The number of sulfone groups is 1. The van der Waals surface area contributed by atoms with E-state index in [1.54, 1.807) is 36.4 Å². The van der Waals surface area contributed by atoms with E-state index in [0.29, 0.717) is 21.8 Å². The molecule has 0 fully saturated rings. The van der Waals surface area contributed by atoms with Gasteiger partial charge in [-0.2, -0.15) is 0 Å². The van der Waals surface area contributed by atoms with E-state index in [1.165, 1.54) is 6.26 Å². The number of carbonyl (C=O) groups is 1. The Labute approximate surface area is 192 Å². The third kappa shape index (κ3) is 4.52. The van der Waals surface area contributed by atoms with Gasteiger partial charge in [0.2, 0.25) is 0 Å². The second-order valence-electron chi connectivity index (χ2n) is 7.59. The van der Waals surface area contributed by atoms with E-state index >= 15 is 0 Å². The maximum atomic E-state index is 13.3. The Morgan fingerprint density at radius 2 is 1.62 bits per heavy atom. The van der Waals surface area contributed by atoms with Gasteiger partial charge in [0.1, 0.15) is 0 Å². The highest BCUT2D eigenvalue weighted by molar-refractivity contribution is 7.90. The van der Waals surface area contributed by atoms with Crippen LogP contribution in [0.2, 0.25) is 5.02 Å². The van der Waals surface area contributed by atoms with Crippen LogP contribution in [0.4, 0.5) is 0 Å². The van der Waals surface area contributed by atoms with E-state index < -0.39 is 9.84 Å². The molecular formula is C25H21ClN2O3S.